The average Bonchev–Trinajstić information content (AvgIpc) is 2.41. The number of rotatable bonds is 4. The zero-order chi connectivity index (χ0) is 13.7. The van der Waals surface area contributed by atoms with Gasteiger partial charge in [0, 0.05) is 17.4 Å². The summed E-state index contributed by atoms with van der Waals surface area (Å²) in [6, 6.07) is 8.62. The third-order valence-electron chi connectivity index (χ3n) is 3.71. The monoisotopic (exact) mass is 324 g/mol. The van der Waals surface area contributed by atoms with Crippen LogP contribution < -0.4 is 10.6 Å². The Morgan fingerprint density at radius 3 is 2.58 bits per heavy atom. The second-order valence-electron chi connectivity index (χ2n) is 5.23. The molecule has 0 saturated carbocycles. The first-order valence-corrected chi connectivity index (χ1v) is 7.66. The van der Waals surface area contributed by atoms with Crippen molar-refractivity contribution in [1.29, 1.82) is 0 Å². The van der Waals surface area contributed by atoms with Gasteiger partial charge in [0.25, 0.3) is 0 Å². The molecule has 1 aliphatic heterocycles. The predicted octanol–water partition coefficient (Wildman–Crippen LogP) is 2.50. The van der Waals surface area contributed by atoms with E-state index in [4.69, 9.17) is 0 Å². The van der Waals surface area contributed by atoms with Crippen molar-refractivity contribution in [3.05, 3.63) is 34.3 Å². The van der Waals surface area contributed by atoms with Crippen LogP contribution in [0.1, 0.15) is 25.3 Å². The van der Waals surface area contributed by atoms with Gasteiger partial charge in [0.1, 0.15) is 0 Å². The molecule has 1 saturated heterocycles. The number of nitrogens with one attached hydrogen (secondary N) is 2. The summed E-state index contributed by atoms with van der Waals surface area (Å²) >= 11 is 3.45. The van der Waals surface area contributed by atoms with E-state index in [1.807, 2.05) is 0 Å². The van der Waals surface area contributed by atoms with Gasteiger partial charge in [0.05, 0.1) is 0 Å². The van der Waals surface area contributed by atoms with Crippen molar-refractivity contribution in [1.82, 2.24) is 10.6 Å². The van der Waals surface area contributed by atoms with E-state index in [0.29, 0.717) is 5.92 Å². The topological polar surface area (TPSA) is 41.1 Å². The Labute approximate surface area is 123 Å². The number of piperidine rings is 1. The van der Waals surface area contributed by atoms with Gasteiger partial charge in [-0.15, -0.1) is 0 Å². The maximum Gasteiger partial charge on any atom is 0.217 e. The Morgan fingerprint density at radius 1 is 1.37 bits per heavy atom. The van der Waals surface area contributed by atoms with Gasteiger partial charge in [-0.3, -0.25) is 4.79 Å². The summed E-state index contributed by atoms with van der Waals surface area (Å²) in [5, 5.41) is 6.51. The van der Waals surface area contributed by atoms with Gasteiger partial charge in [-0.1, -0.05) is 28.1 Å². The van der Waals surface area contributed by atoms with Gasteiger partial charge in [-0.25, -0.2) is 0 Å². The number of amides is 1. The third-order valence-corrected chi connectivity index (χ3v) is 4.24. The summed E-state index contributed by atoms with van der Waals surface area (Å²) in [5.74, 6) is 0.648. The second kappa shape index (κ2) is 7.06. The summed E-state index contributed by atoms with van der Waals surface area (Å²) in [4.78, 5) is 11.4. The lowest BCUT2D eigenvalue weighted by Gasteiger charge is -2.31. The smallest absolute Gasteiger partial charge is 0.217 e. The normalized spacial score (nSPS) is 18.0. The van der Waals surface area contributed by atoms with Crippen LogP contribution in [0.4, 0.5) is 0 Å². The molecule has 1 atom stereocenters. The molecule has 1 heterocycles. The van der Waals surface area contributed by atoms with Gasteiger partial charge in [-0.05, 0) is 56.0 Å². The van der Waals surface area contributed by atoms with Crippen LogP contribution in [0.25, 0.3) is 0 Å². The van der Waals surface area contributed by atoms with Crippen molar-refractivity contribution in [2.75, 3.05) is 13.1 Å². The molecular weight excluding hydrogens is 304 g/mol. The van der Waals surface area contributed by atoms with Crippen LogP contribution in [-0.2, 0) is 11.2 Å². The predicted molar refractivity (Wildman–Crippen MR) is 81.0 cm³/mol. The van der Waals surface area contributed by atoms with Crippen molar-refractivity contribution in [2.45, 2.75) is 32.2 Å². The van der Waals surface area contributed by atoms with Gasteiger partial charge in [0.15, 0.2) is 0 Å². The molecule has 0 bridgehead atoms. The minimum Gasteiger partial charge on any atom is -0.353 e. The molecule has 0 radical (unpaired) electrons. The lowest BCUT2D eigenvalue weighted by molar-refractivity contribution is -0.120. The summed E-state index contributed by atoms with van der Waals surface area (Å²) in [6.07, 6.45) is 3.19. The Hall–Kier alpha value is -0.870. The molecule has 4 heteroatoms. The summed E-state index contributed by atoms with van der Waals surface area (Å²) < 4.78 is 1.09. The fourth-order valence-electron chi connectivity index (χ4n) is 2.72. The van der Waals surface area contributed by atoms with Crippen molar-refractivity contribution in [2.24, 2.45) is 5.92 Å². The molecule has 19 heavy (non-hydrogen) atoms. The molecule has 1 fully saturated rings. The largest absolute Gasteiger partial charge is 0.353 e. The van der Waals surface area contributed by atoms with Crippen molar-refractivity contribution in [3.63, 3.8) is 0 Å². The van der Waals surface area contributed by atoms with Gasteiger partial charge >= 0.3 is 0 Å². The van der Waals surface area contributed by atoms with Crippen LogP contribution in [-0.4, -0.2) is 25.0 Å². The fraction of sp³-hybridized carbons (Fsp3) is 0.533. The molecular formula is C15H21BrN2O. The summed E-state index contributed by atoms with van der Waals surface area (Å²) in [5.41, 5.74) is 1.28. The highest BCUT2D eigenvalue weighted by Gasteiger charge is 2.24. The lowest BCUT2D eigenvalue weighted by atomic mass is 9.86. The van der Waals surface area contributed by atoms with E-state index in [-0.39, 0.29) is 11.9 Å². The maximum atomic E-state index is 11.4. The van der Waals surface area contributed by atoms with E-state index in [1.54, 1.807) is 6.92 Å². The van der Waals surface area contributed by atoms with Crippen LogP contribution in [0, 0.1) is 5.92 Å². The zero-order valence-electron chi connectivity index (χ0n) is 11.3. The molecule has 2 N–H and O–H groups in total. The third kappa shape index (κ3) is 4.62. The molecule has 0 spiro atoms. The first kappa shape index (κ1) is 14.5. The first-order valence-electron chi connectivity index (χ1n) is 6.87. The fourth-order valence-corrected chi connectivity index (χ4v) is 2.98. The van der Waals surface area contributed by atoms with Gasteiger partial charge in [-0.2, -0.15) is 0 Å². The molecule has 2 rings (SSSR count). The maximum absolute atomic E-state index is 11.4. The number of benzene rings is 1. The highest BCUT2D eigenvalue weighted by Crippen LogP contribution is 2.21. The molecule has 1 aromatic carbocycles. The van der Waals surface area contributed by atoms with Crippen molar-refractivity contribution in [3.8, 4) is 0 Å². The Balaban J connectivity index is 2.03. The van der Waals surface area contributed by atoms with E-state index in [0.717, 1.165) is 36.8 Å². The molecule has 104 valence electrons. The number of hydrogen-bond acceptors (Lipinski definition) is 2. The standard InChI is InChI=1S/C15H21BrN2O/c1-11(19)18-15(13-6-8-17-9-7-13)10-12-2-4-14(16)5-3-12/h2-5,13,15,17H,6-10H2,1H3,(H,18,19). The number of hydrogen-bond donors (Lipinski definition) is 2. The molecule has 0 aromatic heterocycles. The molecule has 3 nitrogen and oxygen atoms in total. The quantitative estimate of drug-likeness (QED) is 0.893. The Bertz CT molecular complexity index is 413. The number of carbonyl (C=O) groups is 1. The van der Waals surface area contributed by atoms with E-state index in [2.05, 4.69) is 50.8 Å². The van der Waals surface area contributed by atoms with E-state index in [1.165, 1.54) is 5.56 Å². The minimum absolute atomic E-state index is 0.0700. The van der Waals surface area contributed by atoms with Crippen molar-refractivity contribution >= 4 is 21.8 Å². The zero-order valence-corrected chi connectivity index (χ0v) is 12.9. The molecule has 1 aliphatic rings. The Kier molecular flexibility index (Phi) is 5.40. The van der Waals surface area contributed by atoms with Gasteiger partial charge < -0.3 is 10.6 Å². The van der Waals surface area contributed by atoms with Crippen LogP contribution in [0.3, 0.4) is 0 Å². The van der Waals surface area contributed by atoms with Crippen LogP contribution >= 0.6 is 15.9 Å². The average molecular weight is 325 g/mol. The van der Waals surface area contributed by atoms with Crippen molar-refractivity contribution < 1.29 is 4.79 Å². The highest BCUT2D eigenvalue weighted by atomic mass is 79.9. The molecule has 1 amide bonds. The first-order chi connectivity index (χ1) is 9.15. The Morgan fingerprint density at radius 2 is 2.00 bits per heavy atom. The molecule has 1 unspecified atom stereocenters. The van der Waals surface area contributed by atoms with Crippen LogP contribution in [0.15, 0.2) is 28.7 Å². The van der Waals surface area contributed by atoms with Gasteiger partial charge in [0.2, 0.25) is 5.91 Å². The number of halogens is 1. The van der Waals surface area contributed by atoms with E-state index >= 15 is 0 Å². The van der Waals surface area contributed by atoms with E-state index in [9.17, 15) is 4.79 Å². The number of carbonyl (C=O) groups excluding carboxylic acids is 1. The summed E-state index contributed by atoms with van der Waals surface area (Å²) in [7, 11) is 0. The van der Waals surface area contributed by atoms with E-state index < -0.39 is 0 Å². The highest BCUT2D eigenvalue weighted by molar-refractivity contribution is 9.10. The molecule has 0 aliphatic carbocycles. The van der Waals surface area contributed by atoms with Crippen LogP contribution in [0.2, 0.25) is 0 Å². The SMILES string of the molecule is CC(=O)NC(Cc1ccc(Br)cc1)C1CCNCC1. The molecule has 1 aromatic rings. The summed E-state index contributed by atoms with van der Waals surface area (Å²) in [6.45, 7) is 3.72. The second-order valence-corrected chi connectivity index (χ2v) is 6.14. The minimum atomic E-state index is 0.0700. The van der Waals surface area contributed by atoms with Crippen LogP contribution in [0.5, 0.6) is 0 Å². The lowest BCUT2D eigenvalue weighted by Crippen LogP contribution is -2.44.